The number of methoxy groups -OCH3 is 1. The Kier molecular flexibility index (Phi) is 4.04. The molecule has 2 atom stereocenters. The highest BCUT2D eigenvalue weighted by molar-refractivity contribution is 5.14. The quantitative estimate of drug-likeness (QED) is 0.447. The molecule has 1 aliphatic heterocycles. The molecule has 106 valence electrons. The second-order valence-electron chi connectivity index (χ2n) is 4.17. The van der Waals surface area contributed by atoms with E-state index in [1.54, 1.807) is 6.08 Å². The molecule has 2 heterocycles. The summed E-state index contributed by atoms with van der Waals surface area (Å²) in [4.78, 5) is 26.1. The molecule has 1 aliphatic rings. The molecular formula is C11H13N5O4. The van der Waals surface area contributed by atoms with Gasteiger partial charge in [-0.1, -0.05) is 5.11 Å². The summed E-state index contributed by atoms with van der Waals surface area (Å²) in [5, 5.41) is 3.52. The Morgan fingerprint density at radius 1 is 1.55 bits per heavy atom. The summed E-state index contributed by atoms with van der Waals surface area (Å²) in [7, 11) is 2.87. The summed E-state index contributed by atoms with van der Waals surface area (Å²) < 4.78 is 12.7. The van der Waals surface area contributed by atoms with E-state index in [9.17, 15) is 9.59 Å². The van der Waals surface area contributed by atoms with Gasteiger partial charge in [0.2, 0.25) is 0 Å². The molecule has 0 radical (unpaired) electrons. The number of nitrogens with zero attached hydrogens (tertiary/aromatic N) is 5. The van der Waals surface area contributed by atoms with E-state index in [2.05, 4.69) is 10.0 Å². The van der Waals surface area contributed by atoms with E-state index < -0.39 is 23.6 Å². The third kappa shape index (κ3) is 2.50. The van der Waals surface area contributed by atoms with Crippen molar-refractivity contribution in [2.24, 2.45) is 12.2 Å². The molecule has 0 bridgehead atoms. The van der Waals surface area contributed by atoms with Gasteiger partial charge in [0.15, 0.2) is 6.23 Å². The fourth-order valence-corrected chi connectivity index (χ4v) is 1.91. The number of aromatic nitrogens is 2. The van der Waals surface area contributed by atoms with Crippen molar-refractivity contribution in [3.63, 3.8) is 0 Å². The number of rotatable bonds is 4. The Morgan fingerprint density at radius 3 is 2.95 bits per heavy atom. The second-order valence-corrected chi connectivity index (χ2v) is 4.17. The molecule has 0 fully saturated rings. The highest BCUT2D eigenvalue weighted by Gasteiger charge is 2.29. The zero-order chi connectivity index (χ0) is 14.7. The molecule has 1 aromatic heterocycles. The maximum Gasteiger partial charge on any atom is 0.333 e. The summed E-state index contributed by atoms with van der Waals surface area (Å²) in [6.45, 7) is 0.265. The van der Waals surface area contributed by atoms with E-state index in [0.717, 1.165) is 4.57 Å². The summed E-state index contributed by atoms with van der Waals surface area (Å²) in [6, 6.07) is 1.24. The lowest BCUT2D eigenvalue weighted by atomic mass is 10.3. The van der Waals surface area contributed by atoms with E-state index in [-0.39, 0.29) is 12.3 Å². The number of hydrogen-bond donors (Lipinski definition) is 0. The van der Waals surface area contributed by atoms with Crippen molar-refractivity contribution in [2.45, 2.75) is 12.3 Å². The minimum atomic E-state index is -0.870. The van der Waals surface area contributed by atoms with Crippen LogP contribution >= 0.6 is 0 Å². The number of azide groups is 1. The summed E-state index contributed by atoms with van der Waals surface area (Å²) in [5.41, 5.74) is 7.84. The fourth-order valence-electron chi connectivity index (χ4n) is 1.91. The molecule has 0 saturated heterocycles. The Labute approximate surface area is 113 Å². The molecule has 0 saturated carbocycles. The van der Waals surface area contributed by atoms with Crippen LogP contribution in [0.15, 0.2) is 38.7 Å². The minimum absolute atomic E-state index is 0.260. The van der Waals surface area contributed by atoms with Crippen molar-refractivity contribution in [1.29, 1.82) is 0 Å². The molecule has 0 N–H and O–H groups in total. The smallest absolute Gasteiger partial charge is 0.333 e. The lowest BCUT2D eigenvalue weighted by Gasteiger charge is -2.17. The van der Waals surface area contributed by atoms with E-state index in [0.29, 0.717) is 0 Å². The van der Waals surface area contributed by atoms with Gasteiger partial charge in [-0.25, -0.2) is 4.79 Å². The first-order chi connectivity index (χ1) is 9.58. The zero-order valence-corrected chi connectivity index (χ0v) is 11.0. The molecule has 1 aromatic rings. The first-order valence-electron chi connectivity index (χ1n) is 5.78. The van der Waals surface area contributed by atoms with E-state index in [1.807, 2.05) is 0 Å². The molecule has 0 amide bonds. The monoisotopic (exact) mass is 279 g/mol. The van der Waals surface area contributed by atoms with Gasteiger partial charge in [-0.2, -0.15) is 0 Å². The van der Waals surface area contributed by atoms with Crippen LogP contribution in [0.4, 0.5) is 0 Å². The van der Waals surface area contributed by atoms with Crippen molar-refractivity contribution < 1.29 is 9.47 Å². The molecule has 2 rings (SSSR count). The van der Waals surface area contributed by atoms with Gasteiger partial charge in [0, 0.05) is 31.3 Å². The standard InChI is InChI=1S/C11H13N5O4/c1-15-9(17)3-4-16(11(15)18)10-8(13-14-12)5-7(20-10)6-19-2/h3-5,7,10H,6H2,1-2H3/t7-,10+/m0/s1. The minimum Gasteiger partial charge on any atom is -0.382 e. The molecule has 9 heteroatoms. The lowest BCUT2D eigenvalue weighted by molar-refractivity contribution is -0.0246. The van der Waals surface area contributed by atoms with Gasteiger partial charge in [0.1, 0.15) is 6.10 Å². The van der Waals surface area contributed by atoms with Crippen LogP contribution in [0, 0.1) is 0 Å². The van der Waals surface area contributed by atoms with Gasteiger partial charge in [-0.15, -0.1) is 0 Å². The van der Waals surface area contributed by atoms with E-state index >= 15 is 0 Å². The van der Waals surface area contributed by atoms with Gasteiger partial charge in [-0.3, -0.25) is 13.9 Å². The van der Waals surface area contributed by atoms with E-state index in [4.69, 9.17) is 15.0 Å². The fraction of sp³-hybridized carbons (Fsp3) is 0.455. The van der Waals surface area contributed by atoms with Gasteiger partial charge >= 0.3 is 5.69 Å². The first kappa shape index (κ1) is 14.1. The van der Waals surface area contributed by atoms with Crippen LogP contribution in [-0.4, -0.2) is 29.0 Å². The van der Waals surface area contributed by atoms with Crippen molar-refractivity contribution in [3.05, 3.63) is 55.3 Å². The van der Waals surface area contributed by atoms with Crippen LogP contribution in [0.3, 0.4) is 0 Å². The van der Waals surface area contributed by atoms with Crippen LogP contribution in [0.5, 0.6) is 0 Å². The summed E-state index contributed by atoms with van der Waals surface area (Å²) in [6.07, 6.45) is 1.61. The van der Waals surface area contributed by atoms with Crippen molar-refractivity contribution >= 4 is 0 Å². The predicted molar refractivity (Wildman–Crippen MR) is 69.0 cm³/mol. The molecule has 0 unspecified atom stereocenters. The third-order valence-electron chi connectivity index (χ3n) is 2.87. The highest BCUT2D eigenvalue weighted by Crippen LogP contribution is 2.28. The van der Waals surface area contributed by atoms with Crippen LogP contribution in [0.25, 0.3) is 10.4 Å². The highest BCUT2D eigenvalue weighted by atomic mass is 16.5. The second kappa shape index (κ2) is 5.74. The Morgan fingerprint density at radius 2 is 2.30 bits per heavy atom. The van der Waals surface area contributed by atoms with Crippen LogP contribution in [0.2, 0.25) is 0 Å². The average molecular weight is 279 g/mol. The molecule has 0 spiro atoms. The average Bonchev–Trinajstić information content (AvgIpc) is 2.80. The molecule has 0 aromatic carbocycles. The Balaban J connectivity index is 2.45. The summed E-state index contributed by atoms with van der Waals surface area (Å²) >= 11 is 0. The Bertz CT molecular complexity index is 698. The predicted octanol–water partition coefficient (Wildman–Crippen LogP) is 0.285. The Hall–Kier alpha value is -2.35. The van der Waals surface area contributed by atoms with Gasteiger partial charge in [0.05, 0.1) is 12.3 Å². The lowest BCUT2D eigenvalue weighted by Crippen LogP contribution is -2.39. The normalized spacial score (nSPS) is 21.4. The van der Waals surface area contributed by atoms with Gasteiger partial charge < -0.3 is 9.47 Å². The van der Waals surface area contributed by atoms with Crippen molar-refractivity contribution in [3.8, 4) is 0 Å². The SMILES string of the molecule is COC[C@@H]1C=C(N=[N+]=[N-])[C@H](n2ccc(=O)n(C)c2=O)O1. The first-order valence-corrected chi connectivity index (χ1v) is 5.78. The molecule has 20 heavy (non-hydrogen) atoms. The van der Waals surface area contributed by atoms with Crippen LogP contribution in [0.1, 0.15) is 6.23 Å². The van der Waals surface area contributed by atoms with Crippen molar-refractivity contribution in [1.82, 2.24) is 9.13 Å². The molecular weight excluding hydrogens is 266 g/mol. The number of ether oxygens (including phenoxy) is 2. The van der Waals surface area contributed by atoms with E-state index in [1.165, 1.54) is 31.0 Å². The maximum absolute atomic E-state index is 12.0. The number of hydrogen-bond acceptors (Lipinski definition) is 5. The largest absolute Gasteiger partial charge is 0.382 e. The maximum atomic E-state index is 12.0. The molecule has 9 nitrogen and oxygen atoms in total. The van der Waals surface area contributed by atoms with Gasteiger partial charge in [-0.05, 0) is 11.6 Å². The third-order valence-corrected chi connectivity index (χ3v) is 2.87. The zero-order valence-electron chi connectivity index (χ0n) is 11.0. The topological polar surface area (TPSA) is 111 Å². The van der Waals surface area contributed by atoms with Crippen molar-refractivity contribution in [2.75, 3.05) is 13.7 Å². The van der Waals surface area contributed by atoms with Crippen LogP contribution in [-0.2, 0) is 16.5 Å². The van der Waals surface area contributed by atoms with Gasteiger partial charge in [0.25, 0.3) is 5.56 Å². The molecule has 0 aliphatic carbocycles. The van der Waals surface area contributed by atoms with Crippen LogP contribution < -0.4 is 11.2 Å². The summed E-state index contributed by atoms with van der Waals surface area (Å²) in [5.74, 6) is 0.